The first-order chi connectivity index (χ1) is 49.5. The lowest BCUT2D eigenvalue weighted by atomic mass is 10.0. The Morgan fingerprint density at radius 2 is 0.535 bits per heavy atom. The minimum Gasteiger partial charge on any atom is -0.462 e. The van der Waals surface area contributed by atoms with Crippen molar-refractivity contribution >= 4 is 19.8 Å². The van der Waals surface area contributed by atoms with Gasteiger partial charge >= 0.3 is 19.8 Å². The molecule has 0 aliphatic carbocycles. The van der Waals surface area contributed by atoms with Crippen LogP contribution in [0.25, 0.3) is 0 Å². The molecule has 0 radical (unpaired) electrons. The number of ether oxygens (including phenoxy) is 2. The van der Waals surface area contributed by atoms with E-state index in [0.717, 1.165) is 44.9 Å². The summed E-state index contributed by atoms with van der Waals surface area (Å²) in [7, 11) is 1.51. The molecule has 2 unspecified atom stereocenters. The molecule has 0 saturated heterocycles. The smallest absolute Gasteiger partial charge is 0.462 e. The predicted octanol–water partition coefficient (Wildman–Crippen LogP) is 30.7. The van der Waals surface area contributed by atoms with Gasteiger partial charge in [-0.1, -0.05) is 462 Å². The Bertz CT molecular complexity index is 1750. The van der Waals surface area contributed by atoms with Crippen LogP contribution in [0.1, 0.15) is 495 Å². The fourth-order valence-electron chi connectivity index (χ4n) is 14.3. The molecular weight excluding hydrogens is 1270 g/mol. The second-order valence-corrected chi connectivity index (χ2v) is 34.2. The van der Waals surface area contributed by atoms with Gasteiger partial charge in [-0.3, -0.25) is 18.6 Å². The van der Waals surface area contributed by atoms with Gasteiger partial charge in [0, 0.05) is 12.8 Å². The number of carbonyl (C=O) groups excluding carboxylic acids is 2. The second-order valence-electron chi connectivity index (χ2n) is 32.7. The second kappa shape index (κ2) is 82.5. The van der Waals surface area contributed by atoms with Crippen molar-refractivity contribution in [3.63, 3.8) is 0 Å². The molecule has 0 rings (SSSR count). The molecule has 9 nitrogen and oxygen atoms in total. The monoisotopic (exact) mass is 1450 g/mol. The van der Waals surface area contributed by atoms with E-state index in [0.29, 0.717) is 17.4 Å². The van der Waals surface area contributed by atoms with E-state index in [1.54, 1.807) is 0 Å². The zero-order valence-corrected chi connectivity index (χ0v) is 69.8. The number of phosphoric acid groups is 1. The van der Waals surface area contributed by atoms with Crippen LogP contribution in [0.4, 0.5) is 0 Å². The summed E-state index contributed by atoms with van der Waals surface area (Å²) in [6.45, 7) is 4.53. The molecule has 0 spiro atoms. The van der Waals surface area contributed by atoms with Gasteiger partial charge < -0.3 is 18.9 Å². The van der Waals surface area contributed by atoms with Crippen LogP contribution >= 0.6 is 7.82 Å². The summed E-state index contributed by atoms with van der Waals surface area (Å²) >= 11 is 0. The maximum absolute atomic E-state index is 12.9. The van der Waals surface area contributed by atoms with Crippen LogP contribution in [0.15, 0.2) is 24.3 Å². The number of hydrogen-bond acceptors (Lipinski definition) is 7. The number of hydrogen-bond donors (Lipinski definition) is 1. The highest BCUT2D eigenvalue weighted by Crippen LogP contribution is 2.43. The predicted molar refractivity (Wildman–Crippen MR) is 441 cm³/mol. The quantitative estimate of drug-likeness (QED) is 0.0211. The van der Waals surface area contributed by atoms with Crippen LogP contribution in [-0.2, 0) is 32.7 Å². The minimum atomic E-state index is -4.39. The van der Waals surface area contributed by atoms with E-state index in [4.69, 9.17) is 18.5 Å². The fraction of sp³-hybridized carbons (Fsp3) is 0.934. The topological polar surface area (TPSA) is 108 Å². The zero-order valence-electron chi connectivity index (χ0n) is 68.9. The summed E-state index contributed by atoms with van der Waals surface area (Å²) in [6, 6.07) is 0. The first kappa shape index (κ1) is 99.5. The summed E-state index contributed by atoms with van der Waals surface area (Å²) in [6.07, 6.45) is 108. The van der Waals surface area contributed by atoms with Crippen LogP contribution in [-0.4, -0.2) is 74.9 Å². The number of unbranched alkanes of at least 4 members (excludes halogenated alkanes) is 69. The third kappa shape index (κ3) is 87.3. The number of quaternary nitrogens is 1. The zero-order chi connectivity index (χ0) is 73.3. The van der Waals surface area contributed by atoms with E-state index < -0.39 is 26.5 Å². The molecule has 0 aromatic rings. The van der Waals surface area contributed by atoms with Crippen molar-refractivity contribution in [2.75, 3.05) is 47.5 Å². The molecule has 0 aliphatic heterocycles. The van der Waals surface area contributed by atoms with E-state index in [-0.39, 0.29) is 25.6 Å². The Morgan fingerprint density at radius 1 is 0.307 bits per heavy atom. The Morgan fingerprint density at radius 3 is 0.782 bits per heavy atom. The molecule has 2 atom stereocenters. The SMILES string of the molecule is CCCCCCC/C=C\C/C=C\CCCCCCCCCCCCCCCCCCCCCCCCCCCCCC(=O)OC(COC(=O)CCCCCCCCCCCCCCCCCCCCCCCCCCCCCCCCCCCCCCCC)COP(=O)(O)OCC[N+](C)(C)C. The maximum Gasteiger partial charge on any atom is 0.472 e. The third-order valence-corrected chi connectivity index (χ3v) is 22.2. The van der Waals surface area contributed by atoms with Gasteiger partial charge in [-0.25, -0.2) is 4.57 Å². The summed E-state index contributed by atoms with van der Waals surface area (Å²) in [5.41, 5.74) is 0. The van der Waals surface area contributed by atoms with Crippen LogP contribution < -0.4 is 0 Å². The van der Waals surface area contributed by atoms with Crippen molar-refractivity contribution in [2.45, 2.75) is 502 Å². The van der Waals surface area contributed by atoms with Crippen molar-refractivity contribution in [1.29, 1.82) is 0 Å². The van der Waals surface area contributed by atoms with E-state index in [1.807, 2.05) is 21.1 Å². The normalized spacial score (nSPS) is 13.0. The van der Waals surface area contributed by atoms with Gasteiger partial charge in [0.2, 0.25) is 0 Å². The molecular formula is C91H179NO8P+. The molecule has 0 aromatic carbocycles. The van der Waals surface area contributed by atoms with E-state index in [9.17, 15) is 19.0 Å². The van der Waals surface area contributed by atoms with Gasteiger partial charge in [0.15, 0.2) is 6.10 Å². The van der Waals surface area contributed by atoms with Gasteiger partial charge in [-0.2, -0.15) is 0 Å². The molecule has 600 valence electrons. The number of allylic oxidation sites excluding steroid dienone is 4. The number of nitrogens with zero attached hydrogens (tertiary/aromatic N) is 1. The van der Waals surface area contributed by atoms with Crippen LogP contribution in [0.3, 0.4) is 0 Å². The number of likely N-dealkylation sites (N-methyl/N-ethyl adjacent to an activating group) is 1. The first-order valence-corrected chi connectivity index (χ1v) is 47.1. The molecule has 0 saturated carbocycles. The standard InChI is InChI=1S/C91H178NO8P/c1-6-8-10-12-14-16-18-20-22-24-26-28-30-32-34-36-38-40-42-44-46-48-50-52-54-56-58-60-62-64-66-68-70-72-74-76-78-80-82-84-91(94)100-89(88-99-101(95,96)98-86-85-92(3,4)5)87-97-90(93)83-81-79-77-75-73-71-69-67-65-63-61-59-57-55-53-51-49-47-45-43-41-39-37-35-33-31-29-27-25-23-21-19-17-15-13-11-9-7-2/h18,20,24,26,89H,6-17,19,21-23,25,27-88H2,1-5H3/p+1/b20-18-,26-24-. The third-order valence-electron chi connectivity index (χ3n) is 21.2. The van der Waals surface area contributed by atoms with Crippen LogP contribution in [0.2, 0.25) is 0 Å². The van der Waals surface area contributed by atoms with Gasteiger partial charge in [0.05, 0.1) is 27.7 Å². The lowest BCUT2D eigenvalue weighted by molar-refractivity contribution is -0.870. The van der Waals surface area contributed by atoms with Gasteiger partial charge in [0.1, 0.15) is 19.8 Å². The van der Waals surface area contributed by atoms with Crippen molar-refractivity contribution in [3.05, 3.63) is 24.3 Å². The molecule has 101 heavy (non-hydrogen) atoms. The first-order valence-electron chi connectivity index (χ1n) is 45.6. The van der Waals surface area contributed by atoms with Crippen LogP contribution in [0.5, 0.6) is 0 Å². The minimum absolute atomic E-state index is 0.0367. The summed E-state index contributed by atoms with van der Waals surface area (Å²) < 4.78 is 34.9. The summed E-state index contributed by atoms with van der Waals surface area (Å²) in [5, 5.41) is 0. The number of esters is 2. The van der Waals surface area contributed by atoms with Crippen molar-refractivity contribution in [2.24, 2.45) is 0 Å². The fourth-order valence-corrected chi connectivity index (χ4v) is 15.0. The average molecular weight is 1450 g/mol. The summed E-state index contributed by atoms with van der Waals surface area (Å²) in [5.74, 6) is -0.765. The molecule has 0 aliphatic rings. The Labute approximate surface area is 631 Å². The number of carbonyl (C=O) groups is 2. The molecule has 0 bridgehead atoms. The van der Waals surface area contributed by atoms with E-state index in [1.165, 1.54) is 424 Å². The Hall–Kier alpha value is -1.51. The molecule has 0 fully saturated rings. The Kier molecular flexibility index (Phi) is 81.3. The summed E-state index contributed by atoms with van der Waals surface area (Å²) in [4.78, 5) is 36.1. The molecule has 0 aromatic heterocycles. The molecule has 1 N–H and O–H groups in total. The lowest BCUT2D eigenvalue weighted by Gasteiger charge is -2.24. The van der Waals surface area contributed by atoms with Gasteiger partial charge in [-0.05, 0) is 44.9 Å². The molecule has 10 heteroatoms. The van der Waals surface area contributed by atoms with Gasteiger partial charge in [0.25, 0.3) is 0 Å². The van der Waals surface area contributed by atoms with E-state index in [2.05, 4.69) is 38.2 Å². The number of phosphoric ester groups is 1. The molecule has 0 heterocycles. The van der Waals surface area contributed by atoms with Crippen LogP contribution in [0, 0.1) is 0 Å². The van der Waals surface area contributed by atoms with Crippen molar-refractivity contribution < 1.29 is 42.1 Å². The van der Waals surface area contributed by atoms with Crippen molar-refractivity contribution in [1.82, 2.24) is 0 Å². The number of rotatable bonds is 87. The highest BCUT2D eigenvalue weighted by atomic mass is 31.2. The molecule has 0 amide bonds. The Balaban J connectivity index is 3.82. The van der Waals surface area contributed by atoms with E-state index >= 15 is 0 Å². The average Bonchev–Trinajstić information content (AvgIpc) is 0.973. The maximum atomic E-state index is 12.9. The lowest BCUT2D eigenvalue weighted by Crippen LogP contribution is -2.37. The van der Waals surface area contributed by atoms with Gasteiger partial charge in [-0.15, -0.1) is 0 Å². The largest absolute Gasteiger partial charge is 0.472 e. The highest BCUT2D eigenvalue weighted by molar-refractivity contribution is 7.47. The highest BCUT2D eigenvalue weighted by Gasteiger charge is 2.27. The van der Waals surface area contributed by atoms with Crippen molar-refractivity contribution in [3.8, 4) is 0 Å².